The maximum absolute atomic E-state index is 13.4. The lowest BCUT2D eigenvalue weighted by Gasteiger charge is -2.06. The van der Waals surface area contributed by atoms with Crippen molar-refractivity contribution in [3.8, 4) is 0 Å². The molecule has 0 spiro atoms. The molecule has 11 heteroatoms. The lowest BCUT2D eigenvalue weighted by molar-refractivity contribution is -0.156. The number of carbonyl (C=O) groups is 1. The fourth-order valence-electron chi connectivity index (χ4n) is 2.13. The first-order chi connectivity index (χ1) is 12.0. The highest BCUT2D eigenvalue weighted by Crippen LogP contribution is 2.35. The van der Waals surface area contributed by atoms with Crippen molar-refractivity contribution in [2.75, 3.05) is 6.54 Å². The van der Waals surface area contributed by atoms with Gasteiger partial charge in [-0.2, -0.15) is 18.2 Å². The van der Waals surface area contributed by atoms with Gasteiger partial charge in [0.15, 0.2) is 5.96 Å². The topological polar surface area (TPSA) is 120 Å². The van der Waals surface area contributed by atoms with Gasteiger partial charge in [0.2, 0.25) is 12.2 Å². The predicted molar refractivity (Wildman–Crippen MR) is 92.1 cm³/mol. The second-order valence-corrected chi connectivity index (χ2v) is 5.44. The Kier molecular flexibility index (Phi) is 7.56. The molecule has 1 aliphatic carbocycles. The first-order valence-corrected chi connectivity index (χ1v) is 7.51. The average molecular weight is 394 g/mol. The van der Waals surface area contributed by atoms with Crippen molar-refractivity contribution in [1.82, 2.24) is 0 Å². The van der Waals surface area contributed by atoms with Crippen LogP contribution in [0.15, 0.2) is 28.2 Å². The van der Waals surface area contributed by atoms with Gasteiger partial charge in [0, 0.05) is 11.6 Å². The summed E-state index contributed by atoms with van der Waals surface area (Å²) in [5.41, 5.74) is 18.7. The lowest BCUT2D eigenvalue weighted by atomic mass is 10.0. The zero-order valence-electron chi connectivity index (χ0n) is 13.4. The fourth-order valence-corrected chi connectivity index (χ4v) is 2.41. The maximum Gasteiger partial charge on any atom is 0.446 e. The number of alkyl halides is 3. The highest BCUT2D eigenvalue weighted by Gasteiger charge is 2.24. The molecule has 0 aliphatic heterocycles. The van der Waals surface area contributed by atoms with Crippen LogP contribution in [0, 0.1) is 5.82 Å². The molecule has 0 amide bonds. The highest BCUT2D eigenvalue weighted by molar-refractivity contribution is 6.31. The lowest BCUT2D eigenvalue weighted by Crippen LogP contribution is -2.26. The number of rotatable bonds is 3. The third-order valence-corrected chi connectivity index (χ3v) is 3.43. The summed E-state index contributed by atoms with van der Waals surface area (Å²) in [5, 5.41) is 0.453. The minimum Gasteiger partial charge on any atom is -0.370 e. The zero-order valence-corrected chi connectivity index (χ0v) is 14.1. The molecule has 142 valence electrons. The first-order valence-electron chi connectivity index (χ1n) is 7.13. The molecule has 0 saturated carbocycles. The van der Waals surface area contributed by atoms with E-state index in [1.165, 1.54) is 12.1 Å². The van der Waals surface area contributed by atoms with E-state index < -0.39 is 12.5 Å². The van der Waals surface area contributed by atoms with Crippen LogP contribution >= 0.6 is 11.6 Å². The van der Waals surface area contributed by atoms with Gasteiger partial charge >= 0.3 is 6.18 Å². The second-order valence-electron chi connectivity index (χ2n) is 5.03. The molecule has 0 heterocycles. The molecular formula is C15H16ClF4N5O. The van der Waals surface area contributed by atoms with Gasteiger partial charge < -0.3 is 17.2 Å². The Balaban J connectivity index is 0.000000487. The molecule has 0 unspecified atom stereocenters. The third kappa shape index (κ3) is 7.09. The van der Waals surface area contributed by atoms with Gasteiger partial charge in [-0.1, -0.05) is 17.7 Å². The molecule has 26 heavy (non-hydrogen) atoms. The number of benzene rings is 1. The van der Waals surface area contributed by atoms with Crippen molar-refractivity contribution in [1.29, 1.82) is 0 Å². The first kappa shape index (κ1) is 21.4. The van der Waals surface area contributed by atoms with E-state index in [0.29, 0.717) is 24.4 Å². The summed E-state index contributed by atoms with van der Waals surface area (Å²) in [7, 11) is 0. The monoisotopic (exact) mass is 393 g/mol. The number of aliphatic imine (C=N–C) groups is 2. The van der Waals surface area contributed by atoms with Crippen LogP contribution in [0.25, 0.3) is 5.57 Å². The van der Waals surface area contributed by atoms with Gasteiger partial charge in [0.1, 0.15) is 5.82 Å². The SMILES string of the molecule is NC(N)=NC(N)=NCCC1=CCc2c(Cl)cc(F)cc21.O=CC(F)(F)F. The molecule has 1 aromatic carbocycles. The van der Waals surface area contributed by atoms with Crippen molar-refractivity contribution in [3.05, 3.63) is 40.2 Å². The summed E-state index contributed by atoms with van der Waals surface area (Å²) in [6, 6.07) is 2.81. The molecule has 0 atom stereocenters. The summed E-state index contributed by atoms with van der Waals surface area (Å²) in [6.45, 7) is 0.419. The molecule has 0 saturated heterocycles. The molecule has 0 bridgehead atoms. The number of guanidine groups is 2. The van der Waals surface area contributed by atoms with E-state index in [0.717, 1.165) is 16.7 Å². The second kappa shape index (κ2) is 9.18. The van der Waals surface area contributed by atoms with Crippen LogP contribution in [0.2, 0.25) is 5.02 Å². The molecule has 0 fully saturated rings. The maximum atomic E-state index is 13.4. The number of nitrogens with zero attached hydrogens (tertiary/aromatic N) is 2. The van der Waals surface area contributed by atoms with Crippen LogP contribution < -0.4 is 17.2 Å². The number of aldehydes is 1. The Hall–Kier alpha value is -2.62. The number of halogens is 5. The number of nitrogens with two attached hydrogens (primary N) is 3. The zero-order chi connectivity index (χ0) is 19.9. The van der Waals surface area contributed by atoms with E-state index in [1.807, 2.05) is 6.08 Å². The molecule has 2 rings (SSSR count). The Morgan fingerprint density at radius 2 is 1.88 bits per heavy atom. The van der Waals surface area contributed by atoms with Crippen LogP contribution in [-0.2, 0) is 11.2 Å². The van der Waals surface area contributed by atoms with Crippen molar-refractivity contribution < 1.29 is 22.4 Å². The van der Waals surface area contributed by atoms with Crippen LogP contribution in [0.3, 0.4) is 0 Å². The summed E-state index contributed by atoms with van der Waals surface area (Å²) in [5.74, 6) is -0.448. The van der Waals surface area contributed by atoms with Crippen molar-refractivity contribution in [2.24, 2.45) is 27.2 Å². The van der Waals surface area contributed by atoms with E-state index in [-0.39, 0.29) is 17.7 Å². The smallest absolute Gasteiger partial charge is 0.370 e. The number of carbonyl (C=O) groups excluding carboxylic acids is 1. The standard InChI is InChI=1S/C13H15ClFN5.C2HF3O/c14-11-6-8(15)5-10-7(1-2-9(10)11)3-4-19-13(18)20-12(16)17;3-2(4,5)1-6/h1,5-6H,2-4H2,(H6,16,17,18,19,20);1H. The number of fused-ring (bicyclic) bond motifs is 1. The van der Waals surface area contributed by atoms with E-state index in [1.54, 1.807) is 0 Å². The van der Waals surface area contributed by atoms with E-state index in [9.17, 15) is 17.6 Å². The summed E-state index contributed by atoms with van der Waals surface area (Å²) >= 11 is 6.02. The fraction of sp³-hybridized carbons (Fsp3) is 0.267. The van der Waals surface area contributed by atoms with Crippen LogP contribution in [-0.4, -0.2) is 30.9 Å². The minimum absolute atomic E-state index is 0.0288. The average Bonchev–Trinajstić information content (AvgIpc) is 2.90. The van der Waals surface area contributed by atoms with Crippen molar-refractivity contribution in [2.45, 2.75) is 19.0 Å². The van der Waals surface area contributed by atoms with Gasteiger partial charge in [0.05, 0.1) is 0 Å². The van der Waals surface area contributed by atoms with Crippen LogP contribution in [0.4, 0.5) is 17.6 Å². The number of allylic oxidation sites excluding steroid dienone is 1. The van der Waals surface area contributed by atoms with Gasteiger partial charge in [-0.25, -0.2) is 4.39 Å². The Morgan fingerprint density at radius 1 is 1.27 bits per heavy atom. The van der Waals surface area contributed by atoms with Crippen LogP contribution in [0.1, 0.15) is 17.5 Å². The van der Waals surface area contributed by atoms with E-state index in [4.69, 9.17) is 33.6 Å². The van der Waals surface area contributed by atoms with Gasteiger partial charge in [-0.15, -0.1) is 0 Å². The van der Waals surface area contributed by atoms with Gasteiger partial charge in [-0.3, -0.25) is 9.79 Å². The highest BCUT2D eigenvalue weighted by atomic mass is 35.5. The predicted octanol–water partition coefficient (Wildman–Crippen LogP) is 2.14. The molecule has 0 radical (unpaired) electrons. The molecular weight excluding hydrogens is 378 g/mol. The Labute approximate surface area is 151 Å². The molecule has 1 aliphatic rings. The third-order valence-electron chi connectivity index (χ3n) is 3.09. The Morgan fingerprint density at radius 3 is 2.42 bits per heavy atom. The minimum atomic E-state index is -4.64. The largest absolute Gasteiger partial charge is 0.446 e. The van der Waals surface area contributed by atoms with E-state index in [2.05, 4.69) is 9.98 Å². The van der Waals surface area contributed by atoms with Gasteiger partial charge in [0.25, 0.3) is 0 Å². The number of hydrogen-bond donors (Lipinski definition) is 3. The molecule has 0 aromatic heterocycles. The van der Waals surface area contributed by atoms with E-state index >= 15 is 0 Å². The summed E-state index contributed by atoms with van der Waals surface area (Å²) < 4.78 is 44.6. The molecule has 6 nitrogen and oxygen atoms in total. The number of hydrogen-bond acceptors (Lipinski definition) is 2. The quantitative estimate of drug-likeness (QED) is 0.315. The summed E-state index contributed by atoms with van der Waals surface area (Å²) in [4.78, 5) is 16.3. The molecule has 1 aromatic rings. The van der Waals surface area contributed by atoms with Crippen LogP contribution in [0.5, 0.6) is 0 Å². The van der Waals surface area contributed by atoms with Gasteiger partial charge in [-0.05, 0) is 41.7 Å². The van der Waals surface area contributed by atoms with Crippen molar-refractivity contribution in [3.63, 3.8) is 0 Å². The Bertz CT molecular complexity index is 755. The molecule has 6 N–H and O–H groups in total. The summed E-state index contributed by atoms with van der Waals surface area (Å²) in [6.07, 6.45) is -2.36. The van der Waals surface area contributed by atoms with Crippen molar-refractivity contribution >= 4 is 35.4 Å². The normalized spacial score (nSPS) is 13.3.